The molecule has 1 fully saturated rings. The summed E-state index contributed by atoms with van der Waals surface area (Å²) in [7, 11) is -3.51. The lowest BCUT2D eigenvalue weighted by atomic mass is 10.2. The number of hydrogen-bond acceptors (Lipinski definition) is 6. The molecule has 0 aliphatic carbocycles. The molecule has 0 unspecified atom stereocenters. The molecule has 0 bridgehead atoms. The van der Waals surface area contributed by atoms with E-state index in [9.17, 15) is 18.0 Å². The van der Waals surface area contributed by atoms with E-state index < -0.39 is 16.0 Å². The Morgan fingerprint density at radius 1 is 1.18 bits per heavy atom. The Balaban J connectivity index is 1.72. The molecule has 1 N–H and O–H groups in total. The van der Waals surface area contributed by atoms with Crippen LogP contribution >= 0.6 is 11.3 Å². The first kappa shape index (κ1) is 20.5. The number of thiophene rings is 1. The fourth-order valence-corrected chi connectivity index (χ4v) is 5.46. The molecule has 0 spiro atoms. The van der Waals surface area contributed by atoms with E-state index in [4.69, 9.17) is 4.74 Å². The third-order valence-electron chi connectivity index (χ3n) is 4.43. The molecule has 7 nitrogen and oxygen atoms in total. The molecule has 0 atom stereocenters. The number of aryl methyl sites for hydroxylation is 1. The van der Waals surface area contributed by atoms with Gasteiger partial charge in [-0.1, -0.05) is 0 Å². The van der Waals surface area contributed by atoms with Crippen molar-refractivity contribution < 1.29 is 22.7 Å². The Labute approximate surface area is 168 Å². The number of carbonyl (C=O) groups excluding carboxylic acids is 2. The van der Waals surface area contributed by atoms with E-state index in [-0.39, 0.29) is 17.4 Å². The molecule has 1 aromatic heterocycles. The zero-order valence-corrected chi connectivity index (χ0v) is 17.4. The van der Waals surface area contributed by atoms with Crippen LogP contribution in [-0.2, 0) is 14.8 Å². The fourth-order valence-electron chi connectivity index (χ4n) is 2.98. The first-order valence-corrected chi connectivity index (χ1v) is 11.3. The van der Waals surface area contributed by atoms with E-state index in [2.05, 4.69) is 5.32 Å². The van der Waals surface area contributed by atoms with E-state index in [1.807, 2.05) is 0 Å². The van der Waals surface area contributed by atoms with Crippen LogP contribution in [0.15, 0.2) is 35.2 Å². The molecule has 0 saturated carbocycles. The maximum atomic E-state index is 12.5. The average molecular weight is 423 g/mol. The second kappa shape index (κ2) is 8.42. The Kier molecular flexibility index (Phi) is 6.17. The standard InChI is InChI=1S/C19H22N2O5S2/c1-3-26-19(23)17-13(2)12-16(27-17)20-18(22)14-6-8-15(9-7-14)28(24,25)21-10-4-5-11-21/h6-9,12H,3-5,10-11H2,1-2H3,(H,20,22). The highest BCUT2D eigenvalue weighted by atomic mass is 32.2. The normalized spacial score (nSPS) is 14.8. The molecule has 1 saturated heterocycles. The van der Waals surface area contributed by atoms with Crippen LogP contribution in [0.2, 0.25) is 0 Å². The highest BCUT2D eigenvalue weighted by Gasteiger charge is 2.27. The minimum absolute atomic E-state index is 0.183. The van der Waals surface area contributed by atoms with Crippen LogP contribution in [0, 0.1) is 6.92 Å². The minimum atomic E-state index is -3.51. The second-order valence-electron chi connectivity index (χ2n) is 6.43. The summed E-state index contributed by atoms with van der Waals surface area (Å²) >= 11 is 1.15. The molecule has 28 heavy (non-hydrogen) atoms. The summed E-state index contributed by atoms with van der Waals surface area (Å²) < 4.78 is 31.6. The van der Waals surface area contributed by atoms with E-state index >= 15 is 0 Å². The second-order valence-corrected chi connectivity index (χ2v) is 9.42. The van der Waals surface area contributed by atoms with Gasteiger partial charge in [0, 0.05) is 18.7 Å². The number of anilines is 1. The van der Waals surface area contributed by atoms with Crippen LogP contribution in [-0.4, -0.2) is 44.3 Å². The Hall–Kier alpha value is -2.23. The van der Waals surface area contributed by atoms with Crippen molar-refractivity contribution >= 4 is 38.2 Å². The van der Waals surface area contributed by atoms with Gasteiger partial charge in [0.25, 0.3) is 5.91 Å². The van der Waals surface area contributed by atoms with Gasteiger partial charge in [0.15, 0.2) is 0 Å². The van der Waals surface area contributed by atoms with Crippen molar-refractivity contribution in [3.05, 3.63) is 46.3 Å². The largest absolute Gasteiger partial charge is 0.462 e. The first-order valence-electron chi connectivity index (χ1n) is 9.02. The highest BCUT2D eigenvalue weighted by Crippen LogP contribution is 2.28. The third-order valence-corrected chi connectivity index (χ3v) is 7.48. The van der Waals surface area contributed by atoms with Gasteiger partial charge in [-0.15, -0.1) is 11.3 Å². The lowest BCUT2D eigenvalue weighted by Gasteiger charge is -2.15. The molecule has 1 aliphatic rings. The van der Waals surface area contributed by atoms with Crippen molar-refractivity contribution in [2.45, 2.75) is 31.6 Å². The van der Waals surface area contributed by atoms with Crippen LogP contribution in [0.1, 0.15) is 45.4 Å². The molecule has 2 heterocycles. The quantitative estimate of drug-likeness (QED) is 0.721. The average Bonchev–Trinajstić information content (AvgIpc) is 3.32. The number of amides is 1. The number of hydrogen-bond donors (Lipinski definition) is 1. The summed E-state index contributed by atoms with van der Waals surface area (Å²) in [5.74, 6) is -0.788. The third kappa shape index (κ3) is 4.26. The van der Waals surface area contributed by atoms with E-state index in [1.165, 1.54) is 28.6 Å². The first-order chi connectivity index (χ1) is 13.3. The molecule has 1 aromatic carbocycles. The Bertz CT molecular complexity index is 974. The van der Waals surface area contributed by atoms with Gasteiger partial charge < -0.3 is 10.1 Å². The van der Waals surface area contributed by atoms with Crippen LogP contribution in [0.25, 0.3) is 0 Å². The topological polar surface area (TPSA) is 92.8 Å². The number of rotatable bonds is 6. The zero-order valence-electron chi connectivity index (χ0n) is 15.7. The van der Waals surface area contributed by atoms with Crippen molar-refractivity contribution in [2.24, 2.45) is 0 Å². The summed E-state index contributed by atoms with van der Waals surface area (Å²) in [6.07, 6.45) is 1.74. The van der Waals surface area contributed by atoms with Crippen molar-refractivity contribution in [3.63, 3.8) is 0 Å². The van der Waals surface area contributed by atoms with Crippen LogP contribution in [0.3, 0.4) is 0 Å². The number of nitrogens with zero attached hydrogens (tertiary/aromatic N) is 1. The van der Waals surface area contributed by atoms with Gasteiger partial charge >= 0.3 is 5.97 Å². The summed E-state index contributed by atoms with van der Waals surface area (Å²) in [5.41, 5.74) is 1.06. The Morgan fingerprint density at radius 3 is 2.43 bits per heavy atom. The predicted molar refractivity (Wildman–Crippen MR) is 107 cm³/mol. The molecular weight excluding hydrogens is 400 g/mol. The molecular formula is C19H22N2O5S2. The maximum absolute atomic E-state index is 12.5. The molecule has 150 valence electrons. The predicted octanol–water partition coefficient (Wildman–Crippen LogP) is 3.27. The monoisotopic (exact) mass is 422 g/mol. The number of esters is 1. The van der Waals surface area contributed by atoms with Crippen molar-refractivity contribution in [3.8, 4) is 0 Å². The smallest absolute Gasteiger partial charge is 0.348 e. The molecule has 0 radical (unpaired) electrons. The van der Waals surface area contributed by atoms with Gasteiger partial charge in [-0.2, -0.15) is 4.31 Å². The van der Waals surface area contributed by atoms with Crippen molar-refractivity contribution in [1.29, 1.82) is 0 Å². The summed E-state index contributed by atoms with van der Waals surface area (Å²) in [4.78, 5) is 25.0. The van der Waals surface area contributed by atoms with E-state index in [1.54, 1.807) is 19.9 Å². The van der Waals surface area contributed by atoms with Crippen LogP contribution in [0.5, 0.6) is 0 Å². The van der Waals surface area contributed by atoms with Gasteiger partial charge in [-0.25, -0.2) is 13.2 Å². The highest BCUT2D eigenvalue weighted by molar-refractivity contribution is 7.89. The lowest BCUT2D eigenvalue weighted by molar-refractivity contribution is 0.0531. The molecule has 1 aliphatic heterocycles. The number of ether oxygens (including phenoxy) is 1. The van der Waals surface area contributed by atoms with Crippen molar-refractivity contribution in [2.75, 3.05) is 25.0 Å². The molecule has 2 aromatic rings. The summed E-state index contributed by atoms with van der Waals surface area (Å²) in [5, 5.41) is 3.27. The molecule has 9 heteroatoms. The van der Waals surface area contributed by atoms with Gasteiger partial charge in [0.1, 0.15) is 4.88 Å². The number of sulfonamides is 1. The number of benzene rings is 1. The molecule has 3 rings (SSSR count). The lowest BCUT2D eigenvalue weighted by Crippen LogP contribution is -2.27. The van der Waals surface area contributed by atoms with Gasteiger partial charge in [0.05, 0.1) is 16.5 Å². The maximum Gasteiger partial charge on any atom is 0.348 e. The van der Waals surface area contributed by atoms with Crippen LogP contribution in [0.4, 0.5) is 5.00 Å². The SMILES string of the molecule is CCOC(=O)c1sc(NC(=O)c2ccc(S(=O)(=O)N3CCCC3)cc2)cc1C. The van der Waals surface area contributed by atoms with Crippen molar-refractivity contribution in [1.82, 2.24) is 4.31 Å². The van der Waals surface area contributed by atoms with E-state index in [0.717, 1.165) is 29.7 Å². The van der Waals surface area contributed by atoms with Gasteiger partial charge in [0.2, 0.25) is 10.0 Å². The fraction of sp³-hybridized carbons (Fsp3) is 0.368. The van der Waals surface area contributed by atoms with Gasteiger partial charge in [-0.05, 0) is 62.6 Å². The zero-order chi connectivity index (χ0) is 20.3. The number of carbonyl (C=O) groups is 2. The Morgan fingerprint density at radius 2 is 1.82 bits per heavy atom. The van der Waals surface area contributed by atoms with E-state index in [0.29, 0.717) is 28.5 Å². The van der Waals surface area contributed by atoms with Gasteiger partial charge in [-0.3, -0.25) is 4.79 Å². The van der Waals surface area contributed by atoms with Crippen LogP contribution < -0.4 is 5.32 Å². The minimum Gasteiger partial charge on any atom is -0.462 e. The molecule has 1 amide bonds. The summed E-state index contributed by atoms with van der Waals surface area (Å²) in [6.45, 7) is 4.86. The summed E-state index contributed by atoms with van der Waals surface area (Å²) in [6, 6.07) is 7.59. The number of nitrogens with one attached hydrogen (secondary N) is 1.